The standard InChI is InChI=1S/C17H28N2O4S/c1-12(2)24(20,21)19-10-8-13(3)7-9-18-15-5-6-16-17(14(15)4)23-11-22-16/h5-6,12-13,18-19H,7-11H2,1-4H3. The summed E-state index contributed by atoms with van der Waals surface area (Å²) in [6, 6.07) is 3.92. The van der Waals surface area contributed by atoms with Gasteiger partial charge in [-0.25, -0.2) is 13.1 Å². The Morgan fingerprint density at radius 3 is 2.54 bits per heavy atom. The van der Waals surface area contributed by atoms with Crippen LogP contribution in [0, 0.1) is 12.8 Å². The minimum absolute atomic E-state index is 0.281. The van der Waals surface area contributed by atoms with E-state index in [1.54, 1.807) is 13.8 Å². The van der Waals surface area contributed by atoms with E-state index in [1.165, 1.54) is 0 Å². The molecule has 0 bridgehead atoms. The van der Waals surface area contributed by atoms with Gasteiger partial charge in [0.05, 0.1) is 5.25 Å². The van der Waals surface area contributed by atoms with Crippen LogP contribution in [0.4, 0.5) is 5.69 Å². The molecule has 1 aliphatic rings. The van der Waals surface area contributed by atoms with Crippen LogP contribution in [0.25, 0.3) is 0 Å². The van der Waals surface area contributed by atoms with Gasteiger partial charge in [0.15, 0.2) is 11.5 Å². The normalized spacial score (nSPS) is 14.9. The predicted molar refractivity (Wildman–Crippen MR) is 96.2 cm³/mol. The van der Waals surface area contributed by atoms with Crippen LogP contribution in [0.3, 0.4) is 0 Å². The molecule has 24 heavy (non-hydrogen) atoms. The third-order valence-corrected chi connectivity index (χ3v) is 6.15. The van der Waals surface area contributed by atoms with Crippen molar-refractivity contribution in [3.63, 3.8) is 0 Å². The van der Waals surface area contributed by atoms with Gasteiger partial charge in [0, 0.05) is 24.3 Å². The molecular formula is C17H28N2O4S. The van der Waals surface area contributed by atoms with Gasteiger partial charge in [-0.2, -0.15) is 0 Å². The number of hydrogen-bond donors (Lipinski definition) is 2. The predicted octanol–water partition coefficient (Wildman–Crippen LogP) is 2.88. The maximum Gasteiger partial charge on any atom is 0.231 e. The first kappa shape index (κ1) is 18.9. The van der Waals surface area contributed by atoms with E-state index in [9.17, 15) is 8.42 Å². The highest BCUT2D eigenvalue weighted by atomic mass is 32.2. The van der Waals surface area contributed by atoms with Crippen molar-refractivity contribution in [3.8, 4) is 11.5 Å². The zero-order chi connectivity index (χ0) is 17.7. The summed E-state index contributed by atoms with van der Waals surface area (Å²) in [6.45, 7) is 9.12. The van der Waals surface area contributed by atoms with Crippen LogP contribution >= 0.6 is 0 Å². The first-order valence-corrected chi connectivity index (χ1v) is 9.97. The molecule has 7 heteroatoms. The molecule has 1 aromatic rings. The number of hydrogen-bond acceptors (Lipinski definition) is 5. The monoisotopic (exact) mass is 356 g/mol. The zero-order valence-electron chi connectivity index (χ0n) is 14.9. The summed E-state index contributed by atoms with van der Waals surface area (Å²) >= 11 is 0. The topological polar surface area (TPSA) is 76.7 Å². The Balaban J connectivity index is 1.73. The highest BCUT2D eigenvalue weighted by Crippen LogP contribution is 2.38. The summed E-state index contributed by atoms with van der Waals surface area (Å²) in [6.07, 6.45) is 1.80. The smallest absolute Gasteiger partial charge is 0.231 e. The van der Waals surface area contributed by atoms with Crippen molar-refractivity contribution < 1.29 is 17.9 Å². The molecule has 0 spiro atoms. The minimum atomic E-state index is -3.16. The Labute approximate surface area is 145 Å². The van der Waals surface area contributed by atoms with Crippen LogP contribution in [-0.2, 0) is 10.0 Å². The molecule has 0 aliphatic carbocycles. The van der Waals surface area contributed by atoms with Crippen LogP contribution in [0.1, 0.15) is 39.2 Å². The van der Waals surface area contributed by atoms with Crippen molar-refractivity contribution in [1.29, 1.82) is 0 Å². The van der Waals surface area contributed by atoms with Crippen LogP contribution in [0.5, 0.6) is 11.5 Å². The molecule has 1 heterocycles. The first-order chi connectivity index (χ1) is 11.3. The van der Waals surface area contributed by atoms with Gasteiger partial charge in [0.2, 0.25) is 16.8 Å². The molecule has 1 unspecified atom stereocenters. The van der Waals surface area contributed by atoms with Gasteiger partial charge in [-0.3, -0.25) is 0 Å². The van der Waals surface area contributed by atoms with Gasteiger partial charge in [-0.15, -0.1) is 0 Å². The fourth-order valence-corrected chi connectivity index (χ4v) is 3.25. The quantitative estimate of drug-likeness (QED) is 0.711. The lowest BCUT2D eigenvalue weighted by atomic mass is 10.0. The molecule has 6 nitrogen and oxygen atoms in total. The maximum atomic E-state index is 11.7. The second-order valence-electron chi connectivity index (χ2n) is 6.57. The molecular weight excluding hydrogens is 328 g/mol. The average Bonchev–Trinajstić information content (AvgIpc) is 2.98. The molecule has 0 amide bonds. The van der Waals surface area contributed by atoms with Crippen LogP contribution in [0.2, 0.25) is 0 Å². The summed E-state index contributed by atoms with van der Waals surface area (Å²) in [5.74, 6) is 2.04. The zero-order valence-corrected chi connectivity index (χ0v) is 15.7. The molecule has 1 aliphatic heterocycles. The molecule has 136 valence electrons. The number of sulfonamides is 1. The van der Waals surface area contributed by atoms with Gasteiger partial charge < -0.3 is 14.8 Å². The van der Waals surface area contributed by atoms with E-state index in [0.29, 0.717) is 12.5 Å². The summed E-state index contributed by atoms with van der Waals surface area (Å²) in [7, 11) is -3.16. The number of ether oxygens (including phenoxy) is 2. The first-order valence-electron chi connectivity index (χ1n) is 8.43. The molecule has 0 saturated carbocycles. The van der Waals surface area contributed by atoms with Crippen LogP contribution in [-0.4, -0.2) is 33.6 Å². The molecule has 0 fully saturated rings. The number of anilines is 1. The van der Waals surface area contributed by atoms with Gasteiger partial charge in [0.1, 0.15) is 0 Å². The fourth-order valence-electron chi connectivity index (χ4n) is 2.52. The molecule has 2 rings (SSSR count). The number of rotatable bonds is 9. The molecule has 0 aromatic heterocycles. The largest absolute Gasteiger partial charge is 0.454 e. The molecule has 0 saturated heterocycles. The van der Waals surface area contributed by atoms with E-state index >= 15 is 0 Å². The summed E-state index contributed by atoms with van der Waals surface area (Å²) in [5.41, 5.74) is 2.11. The Morgan fingerprint density at radius 1 is 1.12 bits per heavy atom. The van der Waals surface area contributed by atoms with Crippen molar-refractivity contribution in [1.82, 2.24) is 4.72 Å². The van der Waals surface area contributed by atoms with E-state index < -0.39 is 10.0 Å². The van der Waals surface area contributed by atoms with Crippen molar-refractivity contribution in [2.45, 2.75) is 45.8 Å². The molecule has 0 radical (unpaired) electrons. The second-order valence-corrected chi connectivity index (χ2v) is 8.89. The molecule has 1 atom stereocenters. The Kier molecular flexibility index (Phi) is 6.34. The van der Waals surface area contributed by atoms with Crippen molar-refractivity contribution in [2.24, 2.45) is 5.92 Å². The molecule has 2 N–H and O–H groups in total. The molecule has 1 aromatic carbocycles. The van der Waals surface area contributed by atoms with Crippen LogP contribution < -0.4 is 19.5 Å². The van der Waals surface area contributed by atoms with Crippen LogP contribution in [0.15, 0.2) is 12.1 Å². The van der Waals surface area contributed by atoms with E-state index in [1.807, 2.05) is 19.1 Å². The Hall–Kier alpha value is -1.47. The number of fused-ring (bicyclic) bond motifs is 1. The minimum Gasteiger partial charge on any atom is -0.454 e. The average molecular weight is 356 g/mol. The van der Waals surface area contributed by atoms with Gasteiger partial charge >= 0.3 is 0 Å². The van der Waals surface area contributed by atoms with E-state index in [2.05, 4.69) is 17.0 Å². The SMILES string of the molecule is Cc1c(NCCC(C)CCNS(=O)(=O)C(C)C)ccc2c1OCO2. The van der Waals surface area contributed by atoms with E-state index in [4.69, 9.17) is 9.47 Å². The van der Waals surface area contributed by atoms with Crippen molar-refractivity contribution in [3.05, 3.63) is 17.7 Å². The van der Waals surface area contributed by atoms with Gasteiger partial charge in [-0.05, 0) is 51.7 Å². The van der Waals surface area contributed by atoms with E-state index in [-0.39, 0.29) is 12.0 Å². The highest BCUT2D eigenvalue weighted by Gasteiger charge is 2.18. The Bertz CT molecular complexity index is 659. The third kappa shape index (κ3) is 4.77. The second kappa shape index (κ2) is 8.07. The maximum absolute atomic E-state index is 11.7. The van der Waals surface area contributed by atoms with Gasteiger partial charge in [0.25, 0.3) is 0 Å². The summed E-state index contributed by atoms with van der Waals surface area (Å²) in [5, 5.41) is 3.04. The lowest BCUT2D eigenvalue weighted by molar-refractivity contribution is 0.173. The van der Waals surface area contributed by atoms with Crippen molar-refractivity contribution >= 4 is 15.7 Å². The highest BCUT2D eigenvalue weighted by molar-refractivity contribution is 7.90. The number of nitrogens with one attached hydrogen (secondary N) is 2. The lowest BCUT2D eigenvalue weighted by Crippen LogP contribution is -2.32. The summed E-state index contributed by atoms with van der Waals surface area (Å²) < 4.78 is 36.9. The lowest BCUT2D eigenvalue weighted by Gasteiger charge is -2.15. The fraction of sp³-hybridized carbons (Fsp3) is 0.647. The summed E-state index contributed by atoms with van der Waals surface area (Å²) in [4.78, 5) is 0. The third-order valence-electron chi connectivity index (χ3n) is 4.30. The van der Waals surface area contributed by atoms with Gasteiger partial charge in [-0.1, -0.05) is 6.92 Å². The van der Waals surface area contributed by atoms with Crippen molar-refractivity contribution in [2.75, 3.05) is 25.2 Å². The van der Waals surface area contributed by atoms with E-state index in [0.717, 1.165) is 42.1 Å². The Morgan fingerprint density at radius 2 is 1.83 bits per heavy atom. The number of benzene rings is 1.